The van der Waals surface area contributed by atoms with Crippen molar-refractivity contribution in [2.75, 3.05) is 14.2 Å². The Bertz CT molecular complexity index is 262. The van der Waals surface area contributed by atoms with E-state index < -0.39 is 6.29 Å². The van der Waals surface area contributed by atoms with Crippen LogP contribution in [0.25, 0.3) is 0 Å². The van der Waals surface area contributed by atoms with Crippen LogP contribution in [0.5, 0.6) is 0 Å². The second-order valence-electron chi connectivity index (χ2n) is 2.55. The first-order valence-corrected chi connectivity index (χ1v) is 4.19. The van der Waals surface area contributed by atoms with Gasteiger partial charge in [-0.1, -0.05) is 6.92 Å². The zero-order valence-electron chi connectivity index (χ0n) is 8.15. The van der Waals surface area contributed by atoms with Crippen molar-refractivity contribution in [3.8, 4) is 0 Å². The van der Waals surface area contributed by atoms with Gasteiger partial charge in [0.1, 0.15) is 5.82 Å². The molecule has 13 heavy (non-hydrogen) atoms. The molecule has 0 aliphatic heterocycles. The van der Waals surface area contributed by atoms with E-state index in [1.54, 1.807) is 26.5 Å². The molecule has 0 aliphatic rings. The quantitative estimate of drug-likeness (QED) is 0.659. The van der Waals surface area contributed by atoms with Crippen LogP contribution >= 0.6 is 0 Å². The van der Waals surface area contributed by atoms with Crippen LogP contribution in [0.3, 0.4) is 0 Å². The van der Waals surface area contributed by atoms with Gasteiger partial charge in [0.15, 0.2) is 0 Å². The molecule has 0 saturated heterocycles. The van der Waals surface area contributed by atoms with Crippen molar-refractivity contribution in [1.82, 2.24) is 9.97 Å². The van der Waals surface area contributed by atoms with Gasteiger partial charge in [-0.15, -0.1) is 0 Å². The number of rotatable bonds is 4. The minimum absolute atomic E-state index is 0.395. The Balaban J connectivity index is 2.86. The van der Waals surface area contributed by atoms with Gasteiger partial charge in [-0.05, 0) is 6.07 Å². The molecule has 1 rings (SSSR count). The third kappa shape index (κ3) is 2.47. The first-order valence-electron chi connectivity index (χ1n) is 4.19. The fourth-order valence-electron chi connectivity index (χ4n) is 1.05. The van der Waals surface area contributed by atoms with E-state index in [1.165, 1.54) is 0 Å². The van der Waals surface area contributed by atoms with E-state index in [0.29, 0.717) is 0 Å². The lowest BCUT2D eigenvalue weighted by Crippen LogP contribution is -2.08. The third-order valence-electron chi connectivity index (χ3n) is 1.71. The van der Waals surface area contributed by atoms with Crippen LogP contribution in [0.2, 0.25) is 0 Å². The lowest BCUT2D eigenvalue weighted by Gasteiger charge is -2.12. The number of hydrogen-bond acceptors (Lipinski definition) is 4. The predicted octanol–water partition coefficient (Wildman–Crippen LogP) is 1.33. The standard InChI is InChI=1S/C9H14N2O2/c1-4-8-10-6-5-7(11-8)9(12-2)13-3/h5-6,9H,4H2,1-3H3. The van der Waals surface area contributed by atoms with Gasteiger partial charge in [0.25, 0.3) is 0 Å². The van der Waals surface area contributed by atoms with E-state index in [1.807, 2.05) is 6.92 Å². The summed E-state index contributed by atoms with van der Waals surface area (Å²) in [6.45, 7) is 2.01. The Morgan fingerprint density at radius 3 is 2.62 bits per heavy atom. The zero-order chi connectivity index (χ0) is 9.68. The molecule has 1 aromatic rings. The first kappa shape index (κ1) is 10.1. The van der Waals surface area contributed by atoms with Gasteiger partial charge in [-0.25, -0.2) is 9.97 Å². The molecule has 1 aromatic heterocycles. The maximum absolute atomic E-state index is 5.07. The summed E-state index contributed by atoms with van der Waals surface area (Å²) in [6, 6.07) is 1.79. The van der Waals surface area contributed by atoms with Crippen LogP contribution in [0.15, 0.2) is 12.3 Å². The van der Waals surface area contributed by atoms with Gasteiger partial charge in [-0.3, -0.25) is 0 Å². The van der Waals surface area contributed by atoms with Gasteiger partial charge in [0, 0.05) is 26.8 Å². The summed E-state index contributed by atoms with van der Waals surface area (Å²) in [5.74, 6) is 0.802. The molecule has 1 heterocycles. The van der Waals surface area contributed by atoms with Crippen LogP contribution in [-0.4, -0.2) is 24.2 Å². The Kier molecular flexibility index (Phi) is 3.79. The Morgan fingerprint density at radius 2 is 2.08 bits per heavy atom. The normalized spacial score (nSPS) is 10.8. The topological polar surface area (TPSA) is 44.2 Å². The molecule has 0 aliphatic carbocycles. The van der Waals surface area contributed by atoms with Crippen molar-refractivity contribution < 1.29 is 9.47 Å². The van der Waals surface area contributed by atoms with Crippen molar-refractivity contribution in [3.63, 3.8) is 0 Å². The summed E-state index contributed by atoms with van der Waals surface area (Å²) >= 11 is 0. The summed E-state index contributed by atoms with van der Waals surface area (Å²) in [5, 5.41) is 0. The molecule has 0 spiro atoms. The molecule has 72 valence electrons. The summed E-state index contributed by atoms with van der Waals surface area (Å²) in [6.07, 6.45) is 2.13. The zero-order valence-corrected chi connectivity index (χ0v) is 8.15. The number of methoxy groups -OCH3 is 2. The molecule has 0 radical (unpaired) electrons. The highest BCUT2D eigenvalue weighted by Gasteiger charge is 2.10. The van der Waals surface area contributed by atoms with Crippen LogP contribution in [0.4, 0.5) is 0 Å². The van der Waals surface area contributed by atoms with Crippen LogP contribution in [0, 0.1) is 0 Å². The molecular weight excluding hydrogens is 168 g/mol. The molecule has 0 N–H and O–H groups in total. The molecule has 0 unspecified atom stereocenters. The van der Waals surface area contributed by atoms with E-state index in [2.05, 4.69) is 9.97 Å². The van der Waals surface area contributed by atoms with Crippen molar-refractivity contribution in [1.29, 1.82) is 0 Å². The average Bonchev–Trinajstić information content (AvgIpc) is 2.20. The second kappa shape index (κ2) is 4.89. The lowest BCUT2D eigenvalue weighted by molar-refractivity contribution is -0.108. The Labute approximate surface area is 77.9 Å². The first-order chi connectivity index (χ1) is 6.31. The lowest BCUT2D eigenvalue weighted by atomic mass is 10.3. The minimum Gasteiger partial charge on any atom is -0.350 e. The highest BCUT2D eigenvalue weighted by atomic mass is 16.7. The predicted molar refractivity (Wildman–Crippen MR) is 48.2 cm³/mol. The van der Waals surface area contributed by atoms with E-state index >= 15 is 0 Å². The fourth-order valence-corrected chi connectivity index (χ4v) is 1.05. The number of ether oxygens (including phenoxy) is 2. The van der Waals surface area contributed by atoms with Crippen molar-refractivity contribution in [2.24, 2.45) is 0 Å². The molecule has 0 aromatic carbocycles. The average molecular weight is 182 g/mol. The second-order valence-corrected chi connectivity index (χ2v) is 2.55. The Morgan fingerprint density at radius 1 is 1.38 bits per heavy atom. The van der Waals surface area contributed by atoms with Gasteiger partial charge < -0.3 is 9.47 Å². The summed E-state index contributed by atoms with van der Waals surface area (Å²) < 4.78 is 10.1. The van der Waals surface area contributed by atoms with Crippen molar-refractivity contribution in [2.45, 2.75) is 19.6 Å². The summed E-state index contributed by atoms with van der Waals surface area (Å²) in [5.41, 5.74) is 0.761. The van der Waals surface area contributed by atoms with Crippen molar-refractivity contribution >= 4 is 0 Å². The van der Waals surface area contributed by atoms with Crippen molar-refractivity contribution in [3.05, 3.63) is 23.8 Å². The fraction of sp³-hybridized carbons (Fsp3) is 0.556. The third-order valence-corrected chi connectivity index (χ3v) is 1.71. The summed E-state index contributed by atoms with van der Waals surface area (Å²) in [7, 11) is 3.17. The SMILES string of the molecule is CCc1nccc(C(OC)OC)n1. The molecule has 4 heteroatoms. The van der Waals surface area contributed by atoms with E-state index in [0.717, 1.165) is 17.9 Å². The monoisotopic (exact) mass is 182 g/mol. The highest BCUT2D eigenvalue weighted by molar-refractivity contribution is 5.03. The Hall–Kier alpha value is -1.00. The van der Waals surface area contributed by atoms with Crippen LogP contribution in [0.1, 0.15) is 24.7 Å². The number of aryl methyl sites for hydroxylation is 1. The van der Waals surface area contributed by atoms with Crippen LogP contribution < -0.4 is 0 Å². The molecule has 0 saturated carbocycles. The minimum atomic E-state index is -0.395. The van der Waals surface area contributed by atoms with Gasteiger partial charge in [0.05, 0.1) is 5.69 Å². The van der Waals surface area contributed by atoms with E-state index in [9.17, 15) is 0 Å². The van der Waals surface area contributed by atoms with Gasteiger partial charge in [-0.2, -0.15) is 0 Å². The van der Waals surface area contributed by atoms with E-state index in [-0.39, 0.29) is 0 Å². The summed E-state index contributed by atoms with van der Waals surface area (Å²) in [4.78, 5) is 8.36. The smallest absolute Gasteiger partial charge is 0.200 e. The largest absolute Gasteiger partial charge is 0.350 e. The van der Waals surface area contributed by atoms with Gasteiger partial charge in [0.2, 0.25) is 6.29 Å². The molecule has 0 atom stereocenters. The maximum Gasteiger partial charge on any atom is 0.200 e. The molecular formula is C9H14N2O2. The molecule has 0 amide bonds. The number of nitrogens with zero attached hydrogens (tertiary/aromatic N) is 2. The number of aromatic nitrogens is 2. The molecule has 4 nitrogen and oxygen atoms in total. The van der Waals surface area contributed by atoms with Crippen LogP contribution in [-0.2, 0) is 15.9 Å². The molecule has 0 fully saturated rings. The highest BCUT2D eigenvalue weighted by Crippen LogP contribution is 2.13. The number of hydrogen-bond donors (Lipinski definition) is 0. The van der Waals surface area contributed by atoms with E-state index in [4.69, 9.17) is 9.47 Å². The van der Waals surface area contributed by atoms with Gasteiger partial charge >= 0.3 is 0 Å². The molecule has 0 bridgehead atoms. The maximum atomic E-state index is 5.07.